The molecule has 1 spiro atoms. The maximum absolute atomic E-state index is 14.1. The minimum Gasteiger partial charge on any atom is -0.371 e. The Balaban J connectivity index is 1.36. The van der Waals surface area contributed by atoms with Crippen LogP contribution in [0.2, 0.25) is 5.02 Å². The van der Waals surface area contributed by atoms with Crippen molar-refractivity contribution in [2.24, 2.45) is 11.1 Å². The van der Waals surface area contributed by atoms with Gasteiger partial charge >= 0.3 is 6.18 Å². The normalized spacial score (nSPS) is 17.5. The summed E-state index contributed by atoms with van der Waals surface area (Å²) in [5.74, 6) is 0.519. The summed E-state index contributed by atoms with van der Waals surface area (Å²) < 4.78 is 42.4. The summed E-state index contributed by atoms with van der Waals surface area (Å²) in [4.78, 5) is 10.5. The molecule has 4 N–H and O–H groups in total. The van der Waals surface area contributed by atoms with Crippen LogP contribution in [0.15, 0.2) is 48.7 Å². The molecule has 3 aromatic rings. The van der Waals surface area contributed by atoms with Gasteiger partial charge < -0.3 is 21.3 Å². The van der Waals surface area contributed by atoms with E-state index >= 15 is 0 Å². The second-order valence-corrected chi connectivity index (χ2v) is 13.1. The van der Waals surface area contributed by atoms with Crippen LogP contribution < -0.4 is 26.6 Å². The summed E-state index contributed by atoms with van der Waals surface area (Å²) >= 11 is 6.34. The van der Waals surface area contributed by atoms with Crippen molar-refractivity contribution in [1.29, 1.82) is 0 Å². The molecule has 0 amide bonds. The average Bonchev–Trinajstić information content (AvgIpc) is 2.85. The van der Waals surface area contributed by atoms with Gasteiger partial charge in [-0.2, -0.15) is 18.2 Å². The van der Waals surface area contributed by atoms with Crippen LogP contribution in [0.3, 0.4) is 0 Å². The van der Waals surface area contributed by atoms with Crippen molar-refractivity contribution >= 4 is 53.7 Å². The lowest BCUT2D eigenvalue weighted by atomic mass is 9.60. The van der Waals surface area contributed by atoms with Gasteiger partial charge in [0.2, 0.25) is 5.95 Å². The quantitative estimate of drug-likeness (QED) is 0.290. The van der Waals surface area contributed by atoms with Crippen molar-refractivity contribution in [3.63, 3.8) is 0 Å². The van der Waals surface area contributed by atoms with Crippen molar-refractivity contribution in [1.82, 2.24) is 9.97 Å². The highest BCUT2D eigenvalue weighted by atomic mass is 35.5. The number of para-hydroxylation sites is 1. The van der Waals surface area contributed by atoms with Gasteiger partial charge in [-0.3, -0.25) is 0 Å². The Labute approximate surface area is 226 Å². The highest BCUT2D eigenvalue weighted by Crippen LogP contribution is 2.49. The van der Waals surface area contributed by atoms with Gasteiger partial charge in [-0.05, 0) is 74.0 Å². The molecule has 1 aliphatic carbocycles. The fourth-order valence-electron chi connectivity index (χ4n) is 5.54. The largest absolute Gasteiger partial charge is 0.418 e. The van der Waals surface area contributed by atoms with E-state index in [1.54, 1.807) is 6.07 Å². The van der Waals surface area contributed by atoms with Crippen LogP contribution in [0.1, 0.15) is 31.2 Å². The predicted molar refractivity (Wildman–Crippen MR) is 151 cm³/mol. The monoisotopic (exact) mass is 562 g/mol. The number of aromatic nitrogens is 2. The first-order chi connectivity index (χ1) is 18.0. The zero-order valence-corrected chi connectivity index (χ0v) is 23.0. The van der Waals surface area contributed by atoms with E-state index in [0.29, 0.717) is 23.9 Å². The molecule has 1 saturated heterocycles. The molecule has 2 aromatic carbocycles. The topological polar surface area (TPSA) is 79.1 Å². The zero-order valence-electron chi connectivity index (χ0n) is 21.3. The fourth-order valence-corrected chi connectivity index (χ4v) is 6.68. The first-order valence-electron chi connectivity index (χ1n) is 12.6. The van der Waals surface area contributed by atoms with Crippen molar-refractivity contribution in [2.45, 2.75) is 37.9 Å². The van der Waals surface area contributed by atoms with E-state index in [-0.39, 0.29) is 36.7 Å². The SMILES string of the molecule is CP(C)c1ccccc1Nc1nc(Nc2ccc(N3CCC4(CC3)CC(N)C4)c(C(F)(F)F)c2)ncc1Cl. The Hall–Kier alpha value is -2.61. The van der Waals surface area contributed by atoms with Crippen LogP contribution in [0.5, 0.6) is 0 Å². The van der Waals surface area contributed by atoms with Crippen molar-refractivity contribution in [2.75, 3.05) is 42.0 Å². The molecular weight excluding hydrogens is 532 g/mol. The number of nitrogens with two attached hydrogens (primary N) is 1. The van der Waals surface area contributed by atoms with E-state index in [0.717, 1.165) is 42.7 Å². The standard InChI is InChI=1S/C27H31ClF3N6P/c1-38(2)23-6-4-3-5-21(23)35-24-20(28)16-33-25(36-24)34-18-7-8-22(19(13-18)27(29,30)31)37-11-9-26(10-12-37)14-17(32)15-26/h3-8,13,16-17H,9-12,14-15,32H2,1-2H3,(H2,33,34,35,36). The molecule has 0 radical (unpaired) electrons. The van der Waals surface area contributed by atoms with Crippen molar-refractivity contribution < 1.29 is 13.2 Å². The van der Waals surface area contributed by atoms with E-state index in [1.807, 2.05) is 29.2 Å². The lowest BCUT2D eigenvalue weighted by molar-refractivity contribution is -0.137. The summed E-state index contributed by atoms with van der Waals surface area (Å²) in [6, 6.07) is 12.4. The molecule has 1 aliphatic heterocycles. The number of nitrogens with zero attached hydrogens (tertiary/aromatic N) is 3. The van der Waals surface area contributed by atoms with Gasteiger partial charge in [-0.1, -0.05) is 37.7 Å². The van der Waals surface area contributed by atoms with Crippen LogP contribution in [0.25, 0.3) is 0 Å². The van der Waals surface area contributed by atoms with Gasteiger partial charge in [0.25, 0.3) is 0 Å². The second-order valence-electron chi connectivity index (χ2n) is 10.4. The summed E-state index contributed by atoms with van der Waals surface area (Å²) in [5.41, 5.74) is 6.84. The van der Waals surface area contributed by atoms with Crippen molar-refractivity contribution in [3.05, 3.63) is 59.2 Å². The van der Waals surface area contributed by atoms with Crippen LogP contribution in [0.4, 0.5) is 42.0 Å². The number of benzene rings is 2. The summed E-state index contributed by atoms with van der Waals surface area (Å²) in [6.07, 6.45) is 0.602. The molecule has 0 bridgehead atoms. The number of nitrogens with one attached hydrogen (secondary N) is 2. The molecule has 202 valence electrons. The van der Waals surface area contributed by atoms with Crippen LogP contribution in [-0.4, -0.2) is 42.4 Å². The first-order valence-corrected chi connectivity index (χ1v) is 15.2. The number of hydrogen-bond acceptors (Lipinski definition) is 6. The van der Waals surface area contributed by atoms with Crippen LogP contribution in [-0.2, 0) is 6.18 Å². The van der Waals surface area contributed by atoms with E-state index in [1.165, 1.54) is 12.3 Å². The second kappa shape index (κ2) is 10.5. The Morgan fingerprint density at radius 3 is 2.45 bits per heavy atom. The van der Waals surface area contributed by atoms with E-state index in [4.69, 9.17) is 17.3 Å². The average molecular weight is 563 g/mol. The number of piperidine rings is 1. The third-order valence-corrected chi connectivity index (χ3v) is 9.13. The number of rotatable bonds is 6. The Bertz CT molecular complexity index is 1300. The smallest absolute Gasteiger partial charge is 0.371 e. The van der Waals surface area contributed by atoms with Gasteiger partial charge in [-0.15, -0.1) is 0 Å². The van der Waals surface area contributed by atoms with Gasteiger partial charge in [0, 0.05) is 36.2 Å². The highest BCUT2D eigenvalue weighted by molar-refractivity contribution is 7.64. The summed E-state index contributed by atoms with van der Waals surface area (Å²) in [5, 5.41) is 7.64. The number of hydrogen-bond donors (Lipinski definition) is 3. The number of anilines is 5. The van der Waals surface area contributed by atoms with Crippen molar-refractivity contribution in [3.8, 4) is 0 Å². The summed E-state index contributed by atoms with van der Waals surface area (Å²) in [6.45, 7) is 5.49. The first kappa shape index (κ1) is 27.0. The number of alkyl halides is 3. The minimum atomic E-state index is -4.50. The molecule has 0 unspecified atom stereocenters. The number of halogens is 4. The molecular formula is C27H31ClF3N6P. The lowest BCUT2D eigenvalue weighted by Crippen LogP contribution is -2.52. The molecule has 38 heavy (non-hydrogen) atoms. The molecule has 2 aliphatic rings. The molecule has 2 fully saturated rings. The molecule has 11 heteroatoms. The fraction of sp³-hybridized carbons (Fsp3) is 0.407. The Kier molecular flexibility index (Phi) is 7.46. The third kappa shape index (κ3) is 5.70. The van der Waals surface area contributed by atoms with Gasteiger partial charge in [0.05, 0.1) is 11.8 Å². The third-order valence-electron chi connectivity index (χ3n) is 7.50. The Morgan fingerprint density at radius 1 is 1.08 bits per heavy atom. The van der Waals surface area contributed by atoms with E-state index in [2.05, 4.69) is 33.9 Å². The van der Waals surface area contributed by atoms with E-state index < -0.39 is 11.7 Å². The molecule has 1 aromatic heterocycles. The molecule has 5 rings (SSSR count). The maximum Gasteiger partial charge on any atom is 0.418 e. The van der Waals surface area contributed by atoms with Crippen LogP contribution in [0, 0.1) is 5.41 Å². The Morgan fingerprint density at radius 2 is 1.79 bits per heavy atom. The molecule has 2 heterocycles. The minimum absolute atomic E-state index is 0.145. The lowest BCUT2D eigenvalue weighted by Gasteiger charge is -2.51. The van der Waals surface area contributed by atoms with Gasteiger partial charge in [0.1, 0.15) is 5.02 Å². The van der Waals surface area contributed by atoms with E-state index in [9.17, 15) is 13.2 Å². The molecule has 1 saturated carbocycles. The van der Waals surface area contributed by atoms with Gasteiger partial charge in [-0.25, -0.2) is 4.98 Å². The summed E-state index contributed by atoms with van der Waals surface area (Å²) in [7, 11) is -0.379. The van der Waals surface area contributed by atoms with Gasteiger partial charge in [0.15, 0.2) is 5.82 Å². The predicted octanol–water partition coefficient (Wildman–Crippen LogP) is 6.71. The zero-order chi connectivity index (χ0) is 27.1. The molecule has 6 nitrogen and oxygen atoms in total. The molecule has 0 atom stereocenters. The highest BCUT2D eigenvalue weighted by Gasteiger charge is 2.45. The van der Waals surface area contributed by atoms with Crippen LogP contribution >= 0.6 is 19.5 Å². The maximum atomic E-state index is 14.1.